The van der Waals surface area contributed by atoms with Crippen molar-refractivity contribution in [3.8, 4) is 0 Å². The minimum atomic E-state index is -1.64. The van der Waals surface area contributed by atoms with Crippen LogP contribution in [0, 0.1) is 24.7 Å². The van der Waals surface area contributed by atoms with Crippen molar-refractivity contribution in [1.29, 1.82) is 0 Å². The van der Waals surface area contributed by atoms with Crippen LogP contribution in [-0.2, 0) is 43.2 Å². The summed E-state index contributed by atoms with van der Waals surface area (Å²) in [5.74, 6) is -5.58. The van der Waals surface area contributed by atoms with E-state index in [0.717, 1.165) is 45.1 Å². The Bertz CT molecular complexity index is 2310. The third kappa shape index (κ3) is 22.6. The molecule has 81 heavy (non-hydrogen) atoms. The number of rotatable bonds is 32. The zero-order chi connectivity index (χ0) is 61.0. The van der Waals surface area contributed by atoms with Gasteiger partial charge in [-0.2, -0.15) is 0 Å². The first kappa shape index (κ1) is 69.1. The van der Waals surface area contributed by atoms with Crippen LogP contribution in [0.1, 0.15) is 196 Å². The van der Waals surface area contributed by atoms with Crippen LogP contribution in [0.25, 0.3) is 0 Å². The van der Waals surface area contributed by atoms with Gasteiger partial charge in [0.2, 0.25) is 53.2 Å². The van der Waals surface area contributed by atoms with E-state index in [4.69, 9.17) is 4.42 Å². The molecule has 2 aliphatic rings. The van der Waals surface area contributed by atoms with Crippen molar-refractivity contribution in [2.75, 3.05) is 39.9 Å². The van der Waals surface area contributed by atoms with Crippen molar-refractivity contribution in [1.82, 2.24) is 62.2 Å². The van der Waals surface area contributed by atoms with E-state index in [-0.39, 0.29) is 68.0 Å². The van der Waals surface area contributed by atoms with Crippen LogP contribution >= 0.6 is 0 Å². The second-order valence-corrected chi connectivity index (χ2v) is 25.1. The number of hydrogen-bond acceptors (Lipinski definition) is 13. The SMILES string of the molecule is CCCCCCCC[C@H](NC(=O)[C@@H]1CCCN1C(=O)c1coc(C)n1)C(=O)N[C@@H](CC(C)C)C(=O)NC(C)(C)C(=O)N[C@@H](CC(C)C)C(=O)N[C@@H](CC(C)C)C(=O)NC(C)(C)C(=O)NC(C)(C)C(=O)NCCC(=O)N1CCCN(C)C1. The summed E-state index contributed by atoms with van der Waals surface area (Å²) in [5, 5.41) is 22.3. The first-order valence-electron chi connectivity index (χ1n) is 29.4. The molecule has 5 atom stereocenters. The first-order valence-corrected chi connectivity index (χ1v) is 29.4. The Hall–Kier alpha value is -6.13. The Morgan fingerprint density at radius 3 is 1.67 bits per heavy atom. The van der Waals surface area contributed by atoms with E-state index < -0.39 is 100.0 Å². The molecule has 2 aliphatic heterocycles. The summed E-state index contributed by atoms with van der Waals surface area (Å²) >= 11 is 0. The van der Waals surface area contributed by atoms with Crippen molar-refractivity contribution in [3.63, 3.8) is 0 Å². The molecule has 10 amide bonds. The Balaban J connectivity index is 1.72. The highest BCUT2D eigenvalue weighted by atomic mass is 16.3. The lowest BCUT2D eigenvalue weighted by Gasteiger charge is -2.34. The third-order valence-corrected chi connectivity index (χ3v) is 14.5. The number of unbranched alkanes of at least 4 members (excludes halogenated alkanes) is 5. The van der Waals surface area contributed by atoms with Gasteiger partial charge in [-0.1, -0.05) is 87.0 Å². The minimum Gasteiger partial charge on any atom is -0.448 e. The molecular formula is C58H100N12O11. The number of likely N-dealkylation sites (tertiary alicyclic amines) is 1. The van der Waals surface area contributed by atoms with Crippen molar-refractivity contribution in [2.24, 2.45) is 17.8 Å². The van der Waals surface area contributed by atoms with Crippen molar-refractivity contribution < 1.29 is 52.4 Å². The van der Waals surface area contributed by atoms with Gasteiger partial charge in [-0.15, -0.1) is 0 Å². The molecule has 0 radical (unpaired) electrons. The van der Waals surface area contributed by atoms with Gasteiger partial charge in [0.05, 0.1) is 6.67 Å². The van der Waals surface area contributed by atoms with Gasteiger partial charge in [-0.25, -0.2) is 4.98 Å². The number of carbonyl (C=O) groups excluding carboxylic acids is 10. The predicted molar refractivity (Wildman–Crippen MR) is 307 cm³/mol. The topological polar surface area (TPSA) is 303 Å². The highest BCUT2D eigenvalue weighted by Gasteiger charge is 2.42. The number of nitrogens with one attached hydrogen (secondary N) is 8. The molecule has 23 nitrogen and oxygen atoms in total. The van der Waals surface area contributed by atoms with Gasteiger partial charge in [-0.05, 0) is 111 Å². The number of aromatic nitrogens is 1. The fraction of sp³-hybridized carbons (Fsp3) is 0.776. The standard InChI is InChI=1S/C58H100N12O11/c1-16-17-18-19-20-21-24-40(61-51(76)45-25-22-30-70(45)52(77)44-34-81-39(8)60-44)47(72)62-42(32-37(4)5)49(74)65-57(11,12)54(79)64-41(31-36(2)3)48(73)63-43(33-38(6)7)50(75)66-58(13,14)55(80)67-56(9,10)53(78)59-27-26-46(71)69-29-23-28-68(15)35-69/h34,36-38,40-43,45H,16-33,35H2,1-15H3,(H,59,78)(H,61,76)(H,62,72)(H,63,73)(H,64,79)(H,65,74)(H,66,75)(H,67,80)/t40-,41-,42-,43-,45-/m0/s1. The summed E-state index contributed by atoms with van der Waals surface area (Å²) in [6.07, 6.45) is 9.51. The molecule has 0 bridgehead atoms. The molecule has 0 aromatic carbocycles. The summed E-state index contributed by atoms with van der Waals surface area (Å²) in [7, 11) is 1.94. The van der Waals surface area contributed by atoms with Gasteiger partial charge in [0.15, 0.2) is 11.6 Å². The Kier molecular flexibility index (Phi) is 27.2. The van der Waals surface area contributed by atoms with Crippen molar-refractivity contribution >= 4 is 59.1 Å². The Morgan fingerprint density at radius 1 is 0.617 bits per heavy atom. The lowest BCUT2D eigenvalue weighted by Crippen LogP contribution is -2.65. The number of nitrogens with zero attached hydrogens (tertiary/aromatic N) is 4. The molecule has 2 fully saturated rings. The molecule has 0 unspecified atom stereocenters. The van der Waals surface area contributed by atoms with Gasteiger partial charge < -0.3 is 56.8 Å². The lowest BCUT2D eigenvalue weighted by molar-refractivity contribution is -0.139. The normalized spacial score (nSPS) is 16.7. The van der Waals surface area contributed by atoms with E-state index in [1.807, 2.05) is 53.5 Å². The lowest BCUT2D eigenvalue weighted by atomic mass is 9.96. The van der Waals surface area contributed by atoms with E-state index in [1.165, 1.54) is 52.7 Å². The van der Waals surface area contributed by atoms with Crippen LogP contribution in [0.5, 0.6) is 0 Å². The third-order valence-electron chi connectivity index (χ3n) is 14.5. The van der Waals surface area contributed by atoms with Crippen LogP contribution < -0.4 is 42.5 Å². The number of aryl methyl sites for hydroxylation is 1. The molecule has 0 saturated carbocycles. The monoisotopic (exact) mass is 1140 g/mol. The van der Waals surface area contributed by atoms with Gasteiger partial charge in [0.25, 0.3) is 5.91 Å². The van der Waals surface area contributed by atoms with Crippen molar-refractivity contribution in [2.45, 2.75) is 234 Å². The predicted octanol–water partition coefficient (Wildman–Crippen LogP) is 3.73. The molecule has 0 spiro atoms. The number of oxazole rings is 1. The van der Waals surface area contributed by atoms with Gasteiger partial charge in [0.1, 0.15) is 53.1 Å². The molecule has 3 rings (SSSR count). The average molecular weight is 1140 g/mol. The second-order valence-electron chi connectivity index (χ2n) is 25.1. The molecule has 1 aromatic rings. The van der Waals surface area contributed by atoms with Crippen LogP contribution in [-0.4, -0.2) is 165 Å². The second kappa shape index (κ2) is 31.9. The molecule has 23 heteroatoms. The molecule has 0 aliphatic carbocycles. The zero-order valence-corrected chi connectivity index (χ0v) is 51.4. The van der Waals surface area contributed by atoms with E-state index in [0.29, 0.717) is 44.9 Å². The number of amides is 10. The van der Waals surface area contributed by atoms with Gasteiger partial charge in [0, 0.05) is 39.5 Å². The molecule has 3 heterocycles. The van der Waals surface area contributed by atoms with Gasteiger partial charge in [-0.3, -0.25) is 52.8 Å². The Labute approximate surface area is 481 Å². The minimum absolute atomic E-state index is 0.0695. The van der Waals surface area contributed by atoms with E-state index in [9.17, 15) is 47.9 Å². The summed E-state index contributed by atoms with van der Waals surface area (Å²) < 4.78 is 5.25. The largest absolute Gasteiger partial charge is 0.448 e. The number of hydrogen-bond donors (Lipinski definition) is 8. The maximum absolute atomic E-state index is 14.3. The van der Waals surface area contributed by atoms with Crippen LogP contribution in [0.15, 0.2) is 10.7 Å². The molecule has 2 saturated heterocycles. The van der Waals surface area contributed by atoms with Crippen LogP contribution in [0.3, 0.4) is 0 Å². The molecule has 8 N–H and O–H groups in total. The van der Waals surface area contributed by atoms with E-state index in [2.05, 4.69) is 54.4 Å². The van der Waals surface area contributed by atoms with Crippen molar-refractivity contribution in [3.05, 3.63) is 17.8 Å². The average Bonchev–Trinajstić information content (AvgIpc) is 4.06. The quantitative estimate of drug-likeness (QED) is 0.0478. The zero-order valence-electron chi connectivity index (χ0n) is 51.4. The summed E-state index contributed by atoms with van der Waals surface area (Å²) in [6.45, 7) is 26.3. The summed E-state index contributed by atoms with van der Waals surface area (Å²) in [4.78, 5) is 148. The van der Waals surface area contributed by atoms with E-state index >= 15 is 0 Å². The maximum Gasteiger partial charge on any atom is 0.276 e. The number of carbonyl (C=O) groups is 10. The van der Waals surface area contributed by atoms with Gasteiger partial charge >= 0.3 is 0 Å². The first-order chi connectivity index (χ1) is 37.8. The molecule has 458 valence electrons. The van der Waals surface area contributed by atoms with Crippen LogP contribution in [0.4, 0.5) is 0 Å². The highest BCUT2D eigenvalue weighted by molar-refractivity contribution is 6.00. The maximum atomic E-state index is 14.3. The molecule has 1 aromatic heterocycles. The fourth-order valence-electron chi connectivity index (χ4n) is 9.78. The molecular weight excluding hydrogens is 1040 g/mol. The highest BCUT2D eigenvalue weighted by Crippen LogP contribution is 2.22. The summed E-state index contributed by atoms with van der Waals surface area (Å²) in [5.41, 5.74) is -4.57. The fourth-order valence-corrected chi connectivity index (χ4v) is 9.78. The smallest absolute Gasteiger partial charge is 0.276 e. The Morgan fingerprint density at radius 2 is 1.14 bits per heavy atom. The van der Waals surface area contributed by atoms with E-state index in [1.54, 1.807) is 11.8 Å². The summed E-state index contributed by atoms with van der Waals surface area (Å²) in [6, 6.07) is -5.36. The van der Waals surface area contributed by atoms with Crippen LogP contribution in [0.2, 0.25) is 0 Å².